The number of pyridine rings is 1. The van der Waals surface area contributed by atoms with Crippen molar-refractivity contribution in [1.82, 2.24) is 10.3 Å². The number of anilines is 1. The number of hydrogen-bond acceptors (Lipinski definition) is 4. The Labute approximate surface area is 129 Å². The average molecular weight is 307 g/mol. The third-order valence-corrected chi connectivity index (χ3v) is 4.73. The molecule has 2 atom stereocenters. The maximum Gasteiger partial charge on any atom is 0.241 e. The third kappa shape index (κ3) is 3.56. The molecule has 0 aliphatic carbocycles. The molecule has 5 nitrogen and oxygen atoms in total. The number of rotatable bonds is 5. The van der Waals surface area contributed by atoms with E-state index in [-0.39, 0.29) is 24.3 Å². The molecule has 0 saturated heterocycles. The minimum Gasteiger partial charge on any atom is -0.354 e. The van der Waals surface area contributed by atoms with Crippen molar-refractivity contribution in [2.45, 2.75) is 49.9 Å². The van der Waals surface area contributed by atoms with E-state index >= 15 is 0 Å². The van der Waals surface area contributed by atoms with Crippen molar-refractivity contribution < 1.29 is 9.59 Å². The Hall–Kier alpha value is -1.56. The van der Waals surface area contributed by atoms with Crippen molar-refractivity contribution in [3.63, 3.8) is 0 Å². The SMILES string of the molecule is CC[C@H](C)NC(=O)C[C@@H]1Sc2ncccc2N(CC)C1=O. The van der Waals surface area contributed by atoms with Gasteiger partial charge < -0.3 is 10.2 Å². The summed E-state index contributed by atoms with van der Waals surface area (Å²) >= 11 is 1.38. The summed E-state index contributed by atoms with van der Waals surface area (Å²) in [5.41, 5.74) is 0.841. The number of hydrogen-bond donors (Lipinski definition) is 1. The summed E-state index contributed by atoms with van der Waals surface area (Å²) in [7, 11) is 0. The van der Waals surface area contributed by atoms with Gasteiger partial charge in [0.25, 0.3) is 0 Å². The van der Waals surface area contributed by atoms with Crippen LogP contribution in [0, 0.1) is 0 Å². The predicted molar refractivity (Wildman–Crippen MR) is 84.4 cm³/mol. The molecule has 1 aromatic heterocycles. The van der Waals surface area contributed by atoms with Crippen molar-refractivity contribution in [2.24, 2.45) is 0 Å². The second kappa shape index (κ2) is 6.93. The standard InChI is InChI=1S/C15H21N3O2S/c1-4-10(3)17-13(19)9-12-15(20)18(5-2)11-7-6-8-16-14(11)21-12/h6-8,10,12H,4-5,9H2,1-3H3,(H,17,19)/t10-,12-/m0/s1. The molecule has 1 aliphatic rings. The van der Waals surface area contributed by atoms with Gasteiger partial charge >= 0.3 is 0 Å². The van der Waals surface area contributed by atoms with Crippen LogP contribution in [-0.2, 0) is 9.59 Å². The topological polar surface area (TPSA) is 62.3 Å². The van der Waals surface area contributed by atoms with Gasteiger partial charge in [-0.15, -0.1) is 0 Å². The highest BCUT2D eigenvalue weighted by molar-refractivity contribution is 8.00. The van der Waals surface area contributed by atoms with Gasteiger partial charge in [0.15, 0.2) is 0 Å². The molecule has 2 rings (SSSR count). The Morgan fingerprint density at radius 2 is 2.29 bits per heavy atom. The average Bonchev–Trinajstić information content (AvgIpc) is 2.48. The Kier molecular flexibility index (Phi) is 5.22. The summed E-state index contributed by atoms with van der Waals surface area (Å²) < 4.78 is 0. The Morgan fingerprint density at radius 3 is 2.95 bits per heavy atom. The van der Waals surface area contributed by atoms with Crippen LogP contribution in [0.5, 0.6) is 0 Å². The first-order chi connectivity index (χ1) is 10.1. The Balaban J connectivity index is 2.12. The van der Waals surface area contributed by atoms with Crippen LogP contribution in [0.1, 0.15) is 33.6 Å². The summed E-state index contributed by atoms with van der Waals surface area (Å²) in [6.07, 6.45) is 2.79. The molecule has 0 bridgehead atoms. The highest BCUT2D eigenvalue weighted by Crippen LogP contribution is 2.38. The van der Waals surface area contributed by atoms with E-state index in [2.05, 4.69) is 10.3 Å². The van der Waals surface area contributed by atoms with Crippen LogP contribution in [0.4, 0.5) is 5.69 Å². The van der Waals surface area contributed by atoms with E-state index in [1.54, 1.807) is 11.1 Å². The van der Waals surface area contributed by atoms with E-state index in [1.807, 2.05) is 32.9 Å². The maximum atomic E-state index is 12.5. The fourth-order valence-corrected chi connectivity index (χ4v) is 3.37. The normalized spacial score (nSPS) is 19.1. The van der Waals surface area contributed by atoms with Gasteiger partial charge in [-0.05, 0) is 32.4 Å². The van der Waals surface area contributed by atoms with E-state index in [0.717, 1.165) is 17.1 Å². The van der Waals surface area contributed by atoms with E-state index in [1.165, 1.54) is 11.8 Å². The molecule has 114 valence electrons. The molecule has 0 saturated carbocycles. The third-order valence-electron chi connectivity index (χ3n) is 3.54. The number of nitrogens with one attached hydrogen (secondary N) is 1. The lowest BCUT2D eigenvalue weighted by Crippen LogP contribution is -2.44. The number of carbonyl (C=O) groups is 2. The molecule has 0 radical (unpaired) electrons. The van der Waals surface area contributed by atoms with Gasteiger partial charge in [0.2, 0.25) is 11.8 Å². The fraction of sp³-hybridized carbons (Fsp3) is 0.533. The molecular weight excluding hydrogens is 286 g/mol. The van der Waals surface area contributed by atoms with Crippen molar-refractivity contribution in [1.29, 1.82) is 0 Å². The molecule has 0 spiro atoms. The van der Waals surface area contributed by atoms with Crippen LogP contribution >= 0.6 is 11.8 Å². The molecule has 1 aliphatic heterocycles. The number of fused-ring (bicyclic) bond motifs is 1. The van der Waals surface area contributed by atoms with Crippen LogP contribution < -0.4 is 10.2 Å². The molecule has 1 N–H and O–H groups in total. The number of thioether (sulfide) groups is 1. The van der Waals surface area contributed by atoms with Crippen LogP contribution in [0.25, 0.3) is 0 Å². The first-order valence-corrected chi connectivity index (χ1v) is 8.17. The Bertz CT molecular complexity index is 535. The molecule has 0 unspecified atom stereocenters. The van der Waals surface area contributed by atoms with E-state index in [4.69, 9.17) is 0 Å². The van der Waals surface area contributed by atoms with Crippen LogP contribution in [0.2, 0.25) is 0 Å². The zero-order chi connectivity index (χ0) is 15.4. The van der Waals surface area contributed by atoms with Crippen LogP contribution in [0.3, 0.4) is 0 Å². The van der Waals surface area contributed by atoms with E-state index in [0.29, 0.717) is 6.54 Å². The Morgan fingerprint density at radius 1 is 1.52 bits per heavy atom. The van der Waals surface area contributed by atoms with Crippen LogP contribution in [0.15, 0.2) is 23.4 Å². The van der Waals surface area contributed by atoms with Crippen molar-refractivity contribution in [3.05, 3.63) is 18.3 Å². The highest BCUT2D eigenvalue weighted by Gasteiger charge is 2.34. The van der Waals surface area contributed by atoms with Gasteiger partial charge in [0, 0.05) is 25.2 Å². The first kappa shape index (κ1) is 15.8. The molecule has 6 heteroatoms. The van der Waals surface area contributed by atoms with Gasteiger partial charge in [0.1, 0.15) is 5.03 Å². The lowest BCUT2D eigenvalue weighted by molar-refractivity contribution is -0.125. The lowest BCUT2D eigenvalue weighted by atomic mass is 10.2. The summed E-state index contributed by atoms with van der Waals surface area (Å²) in [6, 6.07) is 3.85. The summed E-state index contributed by atoms with van der Waals surface area (Å²) in [5, 5.41) is 3.34. The minimum atomic E-state index is -0.392. The second-order valence-corrected chi connectivity index (χ2v) is 6.29. The largest absolute Gasteiger partial charge is 0.354 e. The molecule has 0 aromatic carbocycles. The molecule has 21 heavy (non-hydrogen) atoms. The molecule has 2 amide bonds. The molecule has 0 fully saturated rings. The minimum absolute atomic E-state index is 0.0118. The smallest absolute Gasteiger partial charge is 0.241 e. The fourth-order valence-electron chi connectivity index (χ4n) is 2.22. The number of aromatic nitrogens is 1. The van der Waals surface area contributed by atoms with Crippen molar-refractivity contribution >= 4 is 29.3 Å². The van der Waals surface area contributed by atoms with Crippen molar-refractivity contribution in [3.8, 4) is 0 Å². The zero-order valence-electron chi connectivity index (χ0n) is 12.6. The quantitative estimate of drug-likeness (QED) is 0.906. The van der Waals surface area contributed by atoms with E-state index in [9.17, 15) is 9.59 Å². The van der Waals surface area contributed by atoms with Crippen molar-refractivity contribution in [2.75, 3.05) is 11.4 Å². The summed E-state index contributed by atoms with van der Waals surface area (Å²) in [4.78, 5) is 30.6. The number of nitrogens with zero attached hydrogens (tertiary/aromatic N) is 2. The number of amides is 2. The number of carbonyl (C=O) groups excluding carboxylic acids is 2. The van der Waals surface area contributed by atoms with Gasteiger partial charge in [-0.2, -0.15) is 0 Å². The van der Waals surface area contributed by atoms with Gasteiger partial charge in [0.05, 0.1) is 10.9 Å². The van der Waals surface area contributed by atoms with Gasteiger partial charge in [-0.25, -0.2) is 4.98 Å². The molecule has 1 aromatic rings. The highest BCUT2D eigenvalue weighted by atomic mass is 32.2. The first-order valence-electron chi connectivity index (χ1n) is 7.29. The lowest BCUT2D eigenvalue weighted by Gasteiger charge is -2.32. The maximum absolute atomic E-state index is 12.5. The predicted octanol–water partition coefficient (Wildman–Crippen LogP) is 2.21. The zero-order valence-corrected chi connectivity index (χ0v) is 13.4. The van der Waals surface area contributed by atoms with E-state index < -0.39 is 5.25 Å². The monoisotopic (exact) mass is 307 g/mol. The second-order valence-electron chi connectivity index (χ2n) is 5.10. The van der Waals surface area contributed by atoms with Gasteiger partial charge in [-0.1, -0.05) is 18.7 Å². The molecule has 2 heterocycles. The summed E-state index contributed by atoms with van der Waals surface area (Å²) in [5.74, 6) is -0.0899. The molecular formula is C15H21N3O2S. The van der Waals surface area contributed by atoms with Crippen LogP contribution in [-0.4, -0.2) is 34.6 Å². The summed E-state index contributed by atoms with van der Waals surface area (Å²) in [6.45, 7) is 6.50. The van der Waals surface area contributed by atoms with Gasteiger partial charge in [-0.3, -0.25) is 9.59 Å².